The maximum absolute atomic E-state index is 11.9. The van der Waals surface area contributed by atoms with Gasteiger partial charge in [0.05, 0.1) is 13.7 Å². The summed E-state index contributed by atoms with van der Waals surface area (Å²) in [6.07, 6.45) is 2.71. The molecular formula is C17H28N4O2. The second-order valence-electron chi connectivity index (χ2n) is 6.10. The molecule has 1 N–H and O–H groups in total. The van der Waals surface area contributed by atoms with Crippen molar-refractivity contribution in [3.05, 3.63) is 23.9 Å². The third-order valence-corrected chi connectivity index (χ3v) is 4.29. The Labute approximate surface area is 138 Å². The maximum atomic E-state index is 11.9. The standard InChI is InChI=1S/C17H28N4O2/c1-4-14(2)19-16(22)13-21-10-8-20(9-11-21)12-15-6-5-7-18-17(15)23-3/h5-7,14H,4,8-13H2,1-3H3,(H,19,22). The molecule has 1 unspecified atom stereocenters. The van der Waals surface area contributed by atoms with Crippen molar-refractivity contribution < 1.29 is 9.53 Å². The van der Waals surface area contributed by atoms with Gasteiger partial charge in [-0.3, -0.25) is 14.6 Å². The third-order valence-electron chi connectivity index (χ3n) is 4.29. The number of aromatic nitrogens is 1. The highest BCUT2D eigenvalue weighted by Crippen LogP contribution is 2.17. The summed E-state index contributed by atoms with van der Waals surface area (Å²) in [5.74, 6) is 0.824. The minimum Gasteiger partial charge on any atom is -0.481 e. The predicted molar refractivity (Wildman–Crippen MR) is 90.4 cm³/mol. The zero-order valence-corrected chi connectivity index (χ0v) is 14.4. The fourth-order valence-electron chi connectivity index (χ4n) is 2.70. The van der Waals surface area contributed by atoms with Crippen molar-refractivity contribution >= 4 is 5.91 Å². The minimum atomic E-state index is 0.127. The monoisotopic (exact) mass is 320 g/mol. The second kappa shape index (κ2) is 8.84. The van der Waals surface area contributed by atoms with Crippen LogP contribution in [0.25, 0.3) is 0 Å². The van der Waals surface area contributed by atoms with Crippen molar-refractivity contribution in [1.82, 2.24) is 20.1 Å². The summed E-state index contributed by atoms with van der Waals surface area (Å²) < 4.78 is 5.31. The van der Waals surface area contributed by atoms with Gasteiger partial charge >= 0.3 is 0 Å². The van der Waals surface area contributed by atoms with E-state index in [0.717, 1.165) is 44.7 Å². The van der Waals surface area contributed by atoms with Gasteiger partial charge < -0.3 is 10.1 Å². The Morgan fingerprint density at radius 1 is 1.35 bits per heavy atom. The number of hydrogen-bond acceptors (Lipinski definition) is 5. The number of hydrogen-bond donors (Lipinski definition) is 1. The smallest absolute Gasteiger partial charge is 0.234 e. The number of ether oxygens (including phenoxy) is 1. The molecule has 2 rings (SSSR count). The van der Waals surface area contributed by atoms with E-state index in [1.165, 1.54) is 0 Å². The van der Waals surface area contributed by atoms with Crippen LogP contribution in [0.1, 0.15) is 25.8 Å². The highest BCUT2D eigenvalue weighted by atomic mass is 16.5. The molecule has 0 aliphatic carbocycles. The Hall–Kier alpha value is -1.66. The molecule has 128 valence electrons. The van der Waals surface area contributed by atoms with Crippen LogP contribution in [0.5, 0.6) is 5.88 Å². The Morgan fingerprint density at radius 3 is 2.70 bits per heavy atom. The van der Waals surface area contributed by atoms with Crippen molar-refractivity contribution in [1.29, 1.82) is 0 Å². The summed E-state index contributed by atoms with van der Waals surface area (Å²) in [4.78, 5) is 20.8. The maximum Gasteiger partial charge on any atom is 0.234 e. The van der Waals surface area contributed by atoms with Crippen LogP contribution in [0.4, 0.5) is 0 Å². The van der Waals surface area contributed by atoms with Crippen LogP contribution < -0.4 is 10.1 Å². The average Bonchev–Trinajstić information content (AvgIpc) is 2.57. The third kappa shape index (κ3) is 5.48. The van der Waals surface area contributed by atoms with Crippen LogP contribution >= 0.6 is 0 Å². The zero-order valence-electron chi connectivity index (χ0n) is 14.4. The van der Waals surface area contributed by atoms with Gasteiger partial charge in [-0.05, 0) is 19.4 Å². The van der Waals surface area contributed by atoms with Crippen LogP contribution in [-0.2, 0) is 11.3 Å². The molecule has 1 amide bonds. The summed E-state index contributed by atoms with van der Waals surface area (Å²) in [7, 11) is 1.65. The minimum absolute atomic E-state index is 0.127. The van der Waals surface area contributed by atoms with Crippen LogP contribution in [0.3, 0.4) is 0 Å². The molecule has 1 saturated heterocycles. The topological polar surface area (TPSA) is 57.7 Å². The SMILES string of the molecule is CCC(C)NC(=O)CN1CCN(Cc2cccnc2OC)CC1. The number of nitrogens with zero attached hydrogens (tertiary/aromatic N) is 3. The van der Waals surface area contributed by atoms with Crippen LogP contribution in [0, 0.1) is 0 Å². The summed E-state index contributed by atoms with van der Waals surface area (Å²) in [6.45, 7) is 9.18. The summed E-state index contributed by atoms with van der Waals surface area (Å²) in [5, 5.41) is 3.02. The molecule has 1 aliphatic heterocycles. The molecule has 6 nitrogen and oxygen atoms in total. The summed E-state index contributed by atoms with van der Waals surface area (Å²) >= 11 is 0. The molecule has 6 heteroatoms. The number of carbonyl (C=O) groups is 1. The van der Waals surface area contributed by atoms with E-state index in [4.69, 9.17) is 4.74 Å². The number of nitrogens with one attached hydrogen (secondary N) is 1. The summed E-state index contributed by atoms with van der Waals surface area (Å²) in [5.41, 5.74) is 1.11. The van der Waals surface area contributed by atoms with Gasteiger partial charge in [0, 0.05) is 50.5 Å². The molecule has 1 aromatic heterocycles. The molecule has 0 spiro atoms. The van der Waals surface area contributed by atoms with E-state index < -0.39 is 0 Å². The molecule has 1 aliphatic rings. The molecule has 2 heterocycles. The molecule has 1 fully saturated rings. The predicted octanol–water partition coefficient (Wildman–Crippen LogP) is 1.12. The quantitative estimate of drug-likeness (QED) is 0.816. The number of pyridine rings is 1. The van der Waals surface area contributed by atoms with Gasteiger partial charge in [-0.1, -0.05) is 13.0 Å². The molecule has 23 heavy (non-hydrogen) atoms. The molecule has 0 aromatic carbocycles. The van der Waals surface area contributed by atoms with E-state index in [-0.39, 0.29) is 11.9 Å². The van der Waals surface area contributed by atoms with Gasteiger partial charge in [-0.25, -0.2) is 4.98 Å². The van der Waals surface area contributed by atoms with Crippen molar-refractivity contribution in [2.24, 2.45) is 0 Å². The zero-order chi connectivity index (χ0) is 16.7. The van der Waals surface area contributed by atoms with Crippen LogP contribution in [-0.4, -0.2) is 66.6 Å². The van der Waals surface area contributed by atoms with E-state index in [9.17, 15) is 4.79 Å². The van der Waals surface area contributed by atoms with Crippen LogP contribution in [0.15, 0.2) is 18.3 Å². The molecule has 0 radical (unpaired) electrons. The van der Waals surface area contributed by atoms with Crippen LogP contribution in [0.2, 0.25) is 0 Å². The number of amides is 1. The number of methoxy groups -OCH3 is 1. The first-order valence-electron chi connectivity index (χ1n) is 8.34. The fourth-order valence-corrected chi connectivity index (χ4v) is 2.70. The van der Waals surface area contributed by atoms with Gasteiger partial charge in [-0.15, -0.1) is 0 Å². The lowest BCUT2D eigenvalue weighted by atomic mass is 10.2. The van der Waals surface area contributed by atoms with E-state index in [2.05, 4.69) is 33.1 Å². The lowest BCUT2D eigenvalue weighted by Gasteiger charge is -2.34. The van der Waals surface area contributed by atoms with Gasteiger partial charge in [0.2, 0.25) is 11.8 Å². The highest BCUT2D eigenvalue weighted by molar-refractivity contribution is 5.78. The lowest BCUT2D eigenvalue weighted by Crippen LogP contribution is -2.49. The van der Waals surface area contributed by atoms with Gasteiger partial charge in [0.15, 0.2) is 0 Å². The first-order valence-corrected chi connectivity index (χ1v) is 8.34. The second-order valence-corrected chi connectivity index (χ2v) is 6.10. The van der Waals surface area contributed by atoms with E-state index in [1.54, 1.807) is 13.3 Å². The first-order chi connectivity index (χ1) is 11.1. The number of piperazine rings is 1. The molecule has 0 bridgehead atoms. The van der Waals surface area contributed by atoms with Gasteiger partial charge in [0.1, 0.15) is 0 Å². The Morgan fingerprint density at radius 2 is 2.04 bits per heavy atom. The largest absolute Gasteiger partial charge is 0.481 e. The van der Waals surface area contributed by atoms with Crippen molar-refractivity contribution in [2.45, 2.75) is 32.9 Å². The average molecular weight is 320 g/mol. The molecule has 0 saturated carbocycles. The molecule has 1 aromatic rings. The van der Waals surface area contributed by atoms with E-state index >= 15 is 0 Å². The normalized spacial score (nSPS) is 17.7. The fraction of sp³-hybridized carbons (Fsp3) is 0.647. The van der Waals surface area contributed by atoms with Gasteiger partial charge in [0.25, 0.3) is 0 Å². The van der Waals surface area contributed by atoms with E-state index in [1.807, 2.05) is 13.0 Å². The number of rotatable bonds is 7. The Kier molecular flexibility index (Phi) is 6.80. The molecular weight excluding hydrogens is 292 g/mol. The highest BCUT2D eigenvalue weighted by Gasteiger charge is 2.20. The van der Waals surface area contributed by atoms with Crippen molar-refractivity contribution in [3.8, 4) is 5.88 Å². The van der Waals surface area contributed by atoms with Crippen molar-refractivity contribution in [3.63, 3.8) is 0 Å². The van der Waals surface area contributed by atoms with Crippen molar-refractivity contribution in [2.75, 3.05) is 39.8 Å². The lowest BCUT2D eigenvalue weighted by molar-refractivity contribution is -0.123. The van der Waals surface area contributed by atoms with Gasteiger partial charge in [-0.2, -0.15) is 0 Å². The van der Waals surface area contributed by atoms with E-state index in [0.29, 0.717) is 12.4 Å². The number of carbonyl (C=O) groups excluding carboxylic acids is 1. The Bertz CT molecular complexity index is 501. The first kappa shape index (κ1) is 17.7. The molecule has 1 atom stereocenters. The summed E-state index contributed by atoms with van der Waals surface area (Å²) in [6, 6.07) is 4.24. The Balaban J connectivity index is 1.76.